The van der Waals surface area contributed by atoms with Crippen LogP contribution in [0.5, 0.6) is 5.75 Å². The van der Waals surface area contributed by atoms with E-state index in [0.29, 0.717) is 17.0 Å². The van der Waals surface area contributed by atoms with Gasteiger partial charge in [0.05, 0.1) is 18.2 Å². The molecule has 0 aromatic heterocycles. The lowest BCUT2D eigenvalue weighted by molar-refractivity contribution is -0.121. The monoisotopic (exact) mass is 338 g/mol. The topological polar surface area (TPSA) is 58.6 Å². The van der Waals surface area contributed by atoms with Crippen molar-refractivity contribution in [3.8, 4) is 5.75 Å². The average molecular weight is 338 g/mol. The molecular weight excluding hydrogens is 316 g/mol. The van der Waals surface area contributed by atoms with Crippen LogP contribution in [0.25, 0.3) is 0 Å². The lowest BCUT2D eigenvalue weighted by Crippen LogP contribution is -2.33. The maximum Gasteiger partial charge on any atom is 0.255 e. The second-order valence-corrected chi connectivity index (χ2v) is 6.88. The highest BCUT2D eigenvalue weighted by atomic mass is 16.5. The van der Waals surface area contributed by atoms with E-state index in [9.17, 15) is 9.59 Å². The highest BCUT2D eigenvalue weighted by Crippen LogP contribution is 2.41. The van der Waals surface area contributed by atoms with Gasteiger partial charge in [-0.05, 0) is 62.2 Å². The van der Waals surface area contributed by atoms with Crippen molar-refractivity contribution < 1.29 is 14.3 Å². The molecule has 2 amide bonds. The van der Waals surface area contributed by atoms with Crippen LogP contribution in [0.3, 0.4) is 0 Å². The molecule has 0 saturated carbocycles. The minimum Gasteiger partial charge on any atom is -0.495 e. The summed E-state index contributed by atoms with van der Waals surface area (Å²) in [6, 6.07) is 11.0. The van der Waals surface area contributed by atoms with Gasteiger partial charge in [-0.3, -0.25) is 9.59 Å². The van der Waals surface area contributed by atoms with Crippen molar-refractivity contribution in [2.24, 2.45) is 0 Å². The summed E-state index contributed by atoms with van der Waals surface area (Å²) in [5, 5.41) is 2.90. The van der Waals surface area contributed by atoms with Gasteiger partial charge in [0.25, 0.3) is 5.91 Å². The van der Waals surface area contributed by atoms with Crippen LogP contribution in [0, 0.1) is 6.92 Å². The summed E-state index contributed by atoms with van der Waals surface area (Å²) in [7, 11) is 3.33. The van der Waals surface area contributed by atoms with E-state index in [1.807, 2.05) is 45.0 Å². The second kappa shape index (κ2) is 5.92. The van der Waals surface area contributed by atoms with Gasteiger partial charge in [0.1, 0.15) is 5.75 Å². The normalized spacial score (nSPS) is 15.1. The van der Waals surface area contributed by atoms with Gasteiger partial charge in [0.2, 0.25) is 5.91 Å². The van der Waals surface area contributed by atoms with Gasteiger partial charge in [0.15, 0.2) is 0 Å². The molecular formula is C20H22N2O3. The number of hydrogen-bond acceptors (Lipinski definition) is 3. The lowest BCUT2D eigenvalue weighted by Gasteiger charge is -2.17. The number of carbonyl (C=O) groups is 2. The van der Waals surface area contributed by atoms with Crippen molar-refractivity contribution >= 4 is 23.2 Å². The zero-order chi connectivity index (χ0) is 18.4. The third-order valence-corrected chi connectivity index (χ3v) is 4.74. The molecule has 2 aromatic rings. The van der Waals surface area contributed by atoms with Crippen LogP contribution < -0.4 is 15.0 Å². The Morgan fingerprint density at radius 1 is 1.16 bits per heavy atom. The number of methoxy groups -OCH3 is 1. The smallest absolute Gasteiger partial charge is 0.255 e. The van der Waals surface area contributed by atoms with E-state index >= 15 is 0 Å². The number of benzene rings is 2. The molecule has 5 heteroatoms. The Bertz CT molecular complexity index is 871. The summed E-state index contributed by atoms with van der Waals surface area (Å²) in [5.74, 6) is 0.403. The van der Waals surface area contributed by atoms with E-state index in [1.165, 1.54) is 0 Å². The molecule has 1 heterocycles. The van der Waals surface area contributed by atoms with Crippen molar-refractivity contribution in [3.63, 3.8) is 0 Å². The Balaban J connectivity index is 1.94. The number of hydrogen-bond donors (Lipinski definition) is 1. The maximum atomic E-state index is 12.7. The molecule has 5 nitrogen and oxygen atoms in total. The van der Waals surface area contributed by atoms with E-state index in [0.717, 1.165) is 16.8 Å². The van der Waals surface area contributed by atoms with Gasteiger partial charge in [-0.2, -0.15) is 0 Å². The predicted molar refractivity (Wildman–Crippen MR) is 98.6 cm³/mol. The number of carbonyl (C=O) groups excluding carboxylic acids is 2. The number of ether oxygens (including phenoxy) is 1. The third kappa shape index (κ3) is 2.76. The van der Waals surface area contributed by atoms with Crippen molar-refractivity contribution in [1.29, 1.82) is 0 Å². The summed E-state index contributed by atoms with van der Waals surface area (Å²) in [6.45, 7) is 5.71. The summed E-state index contributed by atoms with van der Waals surface area (Å²) in [4.78, 5) is 26.7. The molecule has 0 bridgehead atoms. The Kier molecular flexibility index (Phi) is 4.03. The summed E-state index contributed by atoms with van der Waals surface area (Å²) in [5.41, 5.74) is 3.24. The predicted octanol–water partition coefficient (Wildman–Crippen LogP) is 3.51. The van der Waals surface area contributed by atoms with Gasteiger partial charge in [0, 0.05) is 18.3 Å². The molecule has 1 N–H and O–H groups in total. The van der Waals surface area contributed by atoms with Crippen molar-refractivity contribution in [2.45, 2.75) is 26.2 Å². The quantitative estimate of drug-likeness (QED) is 0.932. The van der Waals surface area contributed by atoms with E-state index in [-0.39, 0.29) is 11.8 Å². The molecule has 2 aromatic carbocycles. The molecule has 0 spiro atoms. The van der Waals surface area contributed by atoms with Crippen LogP contribution in [-0.4, -0.2) is 26.0 Å². The number of likely N-dealkylation sites (N-methyl/N-ethyl adjacent to an activating group) is 1. The summed E-state index contributed by atoms with van der Waals surface area (Å²) >= 11 is 0. The fourth-order valence-corrected chi connectivity index (χ4v) is 3.23. The number of amides is 2. The largest absolute Gasteiger partial charge is 0.495 e. The van der Waals surface area contributed by atoms with Crippen LogP contribution in [0.15, 0.2) is 36.4 Å². The van der Waals surface area contributed by atoms with Gasteiger partial charge < -0.3 is 15.0 Å². The zero-order valence-electron chi connectivity index (χ0n) is 15.1. The van der Waals surface area contributed by atoms with E-state index in [2.05, 4.69) is 5.32 Å². The Hall–Kier alpha value is -2.82. The minimum atomic E-state index is -0.638. The molecule has 0 fully saturated rings. The van der Waals surface area contributed by atoms with E-state index in [1.54, 1.807) is 31.2 Å². The number of nitrogens with one attached hydrogen (secondary N) is 1. The fourth-order valence-electron chi connectivity index (χ4n) is 3.23. The Labute approximate surface area is 147 Å². The first-order valence-corrected chi connectivity index (χ1v) is 8.14. The molecule has 0 atom stereocenters. The van der Waals surface area contributed by atoms with Gasteiger partial charge in [-0.25, -0.2) is 0 Å². The molecule has 1 aliphatic rings. The van der Waals surface area contributed by atoms with Crippen LogP contribution in [-0.2, 0) is 10.2 Å². The molecule has 0 aliphatic carbocycles. The van der Waals surface area contributed by atoms with Gasteiger partial charge >= 0.3 is 0 Å². The van der Waals surface area contributed by atoms with Gasteiger partial charge in [-0.1, -0.05) is 6.07 Å². The van der Waals surface area contributed by atoms with Gasteiger partial charge in [-0.15, -0.1) is 0 Å². The Morgan fingerprint density at radius 3 is 2.56 bits per heavy atom. The standard InChI is InChI=1S/C20H22N2O3/c1-12-6-9-17(25-5)15(10-12)21-18(23)13-7-8-16-14(11-13)20(2,3)19(24)22(16)4/h6-11H,1-5H3,(H,21,23). The lowest BCUT2D eigenvalue weighted by atomic mass is 9.85. The SMILES string of the molecule is COc1ccc(C)cc1NC(=O)c1ccc2c(c1)C(C)(C)C(=O)N2C. The maximum absolute atomic E-state index is 12.7. The van der Waals surface area contributed by atoms with Crippen molar-refractivity contribution in [1.82, 2.24) is 0 Å². The molecule has 1 aliphatic heterocycles. The second-order valence-electron chi connectivity index (χ2n) is 6.88. The highest BCUT2D eigenvalue weighted by molar-refractivity contribution is 6.10. The summed E-state index contributed by atoms with van der Waals surface area (Å²) < 4.78 is 5.31. The minimum absolute atomic E-state index is 0.0282. The first-order chi connectivity index (χ1) is 11.8. The summed E-state index contributed by atoms with van der Waals surface area (Å²) in [6.07, 6.45) is 0. The number of fused-ring (bicyclic) bond motifs is 1. The highest BCUT2D eigenvalue weighted by Gasteiger charge is 2.42. The Morgan fingerprint density at radius 2 is 1.88 bits per heavy atom. The molecule has 25 heavy (non-hydrogen) atoms. The third-order valence-electron chi connectivity index (χ3n) is 4.74. The molecule has 0 unspecified atom stereocenters. The number of aryl methyl sites for hydroxylation is 1. The zero-order valence-corrected chi connectivity index (χ0v) is 15.1. The molecule has 0 radical (unpaired) electrons. The van der Waals surface area contributed by atoms with Crippen molar-refractivity contribution in [2.75, 3.05) is 24.4 Å². The van der Waals surface area contributed by atoms with E-state index < -0.39 is 5.41 Å². The first kappa shape index (κ1) is 17.0. The number of anilines is 2. The number of nitrogens with zero attached hydrogens (tertiary/aromatic N) is 1. The number of rotatable bonds is 3. The molecule has 0 saturated heterocycles. The first-order valence-electron chi connectivity index (χ1n) is 8.14. The van der Waals surface area contributed by atoms with Crippen LogP contribution >= 0.6 is 0 Å². The molecule has 3 rings (SSSR count). The van der Waals surface area contributed by atoms with Crippen LogP contribution in [0.1, 0.15) is 35.3 Å². The van der Waals surface area contributed by atoms with Crippen LogP contribution in [0.4, 0.5) is 11.4 Å². The average Bonchev–Trinajstić information content (AvgIpc) is 2.75. The van der Waals surface area contributed by atoms with Crippen molar-refractivity contribution in [3.05, 3.63) is 53.1 Å². The van der Waals surface area contributed by atoms with E-state index in [4.69, 9.17) is 4.74 Å². The molecule has 130 valence electrons. The fraction of sp³-hybridized carbons (Fsp3) is 0.300. The van der Waals surface area contributed by atoms with Crippen LogP contribution in [0.2, 0.25) is 0 Å².